The van der Waals surface area contributed by atoms with Gasteiger partial charge in [-0.25, -0.2) is 0 Å². The number of amides is 1. The Hall–Kier alpha value is -2.34. The molecule has 2 heterocycles. The molecule has 0 saturated carbocycles. The number of hydrogen-bond donors (Lipinski definition) is 3. The van der Waals surface area contributed by atoms with E-state index >= 15 is 0 Å². The van der Waals surface area contributed by atoms with E-state index in [9.17, 15) is 4.79 Å². The first-order chi connectivity index (χ1) is 14.1. The molecule has 2 aromatic carbocycles. The van der Waals surface area contributed by atoms with Gasteiger partial charge in [0.25, 0.3) is 5.91 Å². The van der Waals surface area contributed by atoms with Crippen molar-refractivity contribution in [1.82, 2.24) is 10.6 Å². The molecule has 0 spiro atoms. The molecule has 0 atom stereocenters. The van der Waals surface area contributed by atoms with Gasteiger partial charge in [0.2, 0.25) is 0 Å². The molecule has 2 aliphatic rings. The zero-order valence-corrected chi connectivity index (χ0v) is 17.5. The number of aryl methyl sites for hydroxylation is 1. The van der Waals surface area contributed by atoms with Gasteiger partial charge >= 0.3 is 0 Å². The van der Waals surface area contributed by atoms with E-state index in [0.717, 1.165) is 62.5 Å². The smallest absolute Gasteiger partial charge is 0.255 e. The van der Waals surface area contributed by atoms with Crippen molar-refractivity contribution in [3.63, 3.8) is 0 Å². The highest BCUT2D eigenvalue weighted by Gasteiger charge is 2.15. The molecule has 3 N–H and O–H groups in total. The van der Waals surface area contributed by atoms with Crippen LogP contribution in [0.2, 0.25) is 5.02 Å². The van der Waals surface area contributed by atoms with Crippen LogP contribution in [0, 0.1) is 6.92 Å². The Morgan fingerprint density at radius 2 is 1.90 bits per heavy atom. The lowest BCUT2D eigenvalue weighted by Gasteiger charge is -2.30. The lowest BCUT2D eigenvalue weighted by molar-refractivity contribution is 0.102. The monoisotopic (exact) mass is 410 g/mol. The van der Waals surface area contributed by atoms with E-state index < -0.39 is 0 Å². The number of halogens is 1. The van der Waals surface area contributed by atoms with Gasteiger partial charge in [-0.2, -0.15) is 0 Å². The lowest BCUT2D eigenvalue weighted by atomic mass is 9.99. The molecule has 0 radical (unpaired) electrons. The fourth-order valence-electron chi connectivity index (χ4n) is 3.98. The van der Waals surface area contributed by atoms with Gasteiger partial charge in [-0.3, -0.25) is 4.79 Å². The van der Waals surface area contributed by atoms with Crippen molar-refractivity contribution in [3.05, 3.63) is 64.2 Å². The summed E-state index contributed by atoms with van der Waals surface area (Å²) in [6.07, 6.45) is 3.11. The predicted octanol–water partition coefficient (Wildman–Crippen LogP) is 3.69. The summed E-state index contributed by atoms with van der Waals surface area (Å²) in [5.41, 5.74) is 6.01. The third-order valence-corrected chi connectivity index (χ3v) is 5.87. The van der Waals surface area contributed by atoms with Crippen LogP contribution < -0.4 is 20.9 Å². The first-order valence-corrected chi connectivity index (χ1v) is 10.6. The molecular formula is C23H27ClN4O. The van der Waals surface area contributed by atoms with E-state index in [4.69, 9.17) is 11.6 Å². The van der Waals surface area contributed by atoms with Gasteiger partial charge in [0.15, 0.2) is 0 Å². The third kappa shape index (κ3) is 4.64. The van der Waals surface area contributed by atoms with Crippen molar-refractivity contribution >= 4 is 34.5 Å². The molecule has 0 aromatic heterocycles. The molecule has 0 unspecified atom stereocenters. The average Bonchev–Trinajstić information content (AvgIpc) is 2.75. The van der Waals surface area contributed by atoms with Crippen LogP contribution in [0.25, 0.3) is 5.57 Å². The highest BCUT2D eigenvalue weighted by atomic mass is 35.5. The molecule has 1 saturated heterocycles. The van der Waals surface area contributed by atoms with Crippen molar-refractivity contribution < 1.29 is 4.79 Å². The summed E-state index contributed by atoms with van der Waals surface area (Å²) in [4.78, 5) is 15.1. The van der Waals surface area contributed by atoms with Gasteiger partial charge in [0, 0.05) is 54.7 Å². The standard InChI is InChI=1S/C23H27ClN4O/c1-16-14-19(3-5-22(16)28-12-10-26-11-13-28)27-23(29)18-2-4-20(21(24)15-18)17-6-8-25-9-7-17/h2-6,14-15,25-26H,7-13H2,1H3,(H,27,29). The molecule has 5 nitrogen and oxygen atoms in total. The fraction of sp³-hybridized carbons (Fsp3) is 0.348. The van der Waals surface area contributed by atoms with Gasteiger partial charge in [-0.05, 0) is 66.9 Å². The van der Waals surface area contributed by atoms with Crippen molar-refractivity contribution in [2.45, 2.75) is 13.3 Å². The summed E-state index contributed by atoms with van der Waals surface area (Å²) in [7, 11) is 0. The number of nitrogens with one attached hydrogen (secondary N) is 3. The maximum absolute atomic E-state index is 12.7. The van der Waals surface area contributed by atoms with Gasteiger partial charge in [-0.15, -0.1) is 0 Å². The average molecular weight is 411 g/mol. The van der Waals surface area contributed by atoms with Crippen molar-refractivity contribution in [2.24, 2.45) is 0 Å². The number of hydrogen-bond acceptors (Lipinski definition) is 4. The minimum absolute atomic E-state index is 0.146. The van der Waals surface area contributed by atoms with Crippen LogP contribution in [-0.4, -0.2) is 45.2 Å². The predicted molar refractivity (Wildman–Crippen MR) is 121 cm³/mol. The van der Waals surface area contributed by atoms with Crippen LogP contribution in [0.1, 0.15) is 27.9 Å². The lowest BCUT2D eigenvalue weighted by Crippen LogP contribution is -2.43. The Balaban J connectivity index is 1.47. The maximum Gasteiger partial charge on any atom is 0.255 e. The minimum atomic E-state index is -0.146. The van der Waals surface area contributed by atoms with Gasteiger partial charge in [0.05, 0.1) is 0 Å². The van der Waals surface area contributed by atoms with Gasteiger partial charge in [0.1, 0.15) is 0 Å². The highest BCUT2D eigenvalue weighted by Crippen LogP contribution is 2.29. The Kier molecular flexibility index (Phi) is 6.19. The largest absolute Gasteiger partial charge is 0.369 e. The SMILES string of the molecule is Cc1cc(NC(=O)c2ccc(C3=CCNCC3)c(Cl)c2)ccc1N1CCNCC1. The molecule has 1 amide bonds. The van der Waals surface area contributed by atoms with Crippen LogP contribution in [0.4, 0.5) is 11.4 Å². The Labute approximate surface area is 177 Å². The van der Waals surface area contributed by atoms with Crippen molar-refractivity contribution in [1.29, 1.82) is 0 Å². The van der Waals surface area contributed by atoms with Crippen molar-refractivity contribution in [2.75, 3.05) is 49.5 Å². The van der Waals surface area contributed by atoms with Gasteiger partial charge < -0.3 is 20.9 Å². The summed E-state index contributed by atoms with van der Waals surface area (Å²) in [5, 5.41) is 10.3. The summed E-state index contributed by atoms with van der Waals surface area (Å²) >= 11 is 6.49. The maximum atomic E-state index is 12.7. The summed E-state index contributed by atoms with van der Waals surface area (Å²) < 4.78 is 0. The Morgan fingerprint density at radius 3 is 2.59 bits per heavy atom. The number of benzene rings is 2. The Morgan fingerprint density at radius 1 is 1.07 bits per heavy atom. The second-order valence-electron chi connectivity index (χ2n) is 7.57. The summed E-state index contributed by atoms with van der Waals surface area (Å²) in [6, 6.07) is 11.7. The van der Waals surface area contributed by atoms with E-state index in [-0.39, 0.29) is 5.91 Å². The highest BCUT2D eigenvalue weighted by molar-refractivity contribution is 6.32. The second kappa shape index (κ2) is 8.99. The number of rotatable bonds is 4. The molecule has 152 valence electrons. The number of carbonyl (C=O) groups is 1. The molecule has 0 bridgehead atoms. The first kappa shape index (κ1) is 20.0. The Bertz CT molecular complexity index is 934. The second-order valence-corrected chi connectivity index (χ2v) is 7.98. The van der Waals surface area contributed by atoms with E-state index in [1.807, 2.05) is 24.3 Å². The number of carbonyl (C=O) groups excluding carboxylic acids is 1. The van der Waals surface area contributed by atoms with Crippen LogP contribution in [-0.2, 0) is 0 Å². The van der Waals surface area contributed by atoms with E-state index in [1.165, 1.54) is 11.3 Å². The van der Waals surface area contributed by atoms with Crippen LogP contribution in [0.3, 0.4) is 0 Å². The van der Waals surface area contributed by atoms with Crippen molar-refractivity contribution in [3.8, 4) is 0 Å². The molecular weight excluding hydrogens is 384 g/mol. The summed E-state index contributed by atoms with van der Waals surface area (Å²) in [6.45, 7) is 7.91. The molecule has 6 heteroatoms. The molecule has 1 fully saturated rings. The molecule has 2 aromatic rings. The van der Waals surface area contributed by atoms with E-state index in [2.05, 4.69) is 39.9 Å². The van der Waals surface area contributed by atoms with Gasteiger partial charge in [-0.1, -0.05) is 23.7 Å². The van der Waals surface area contributed by atoms with Crippen LogP contribution in [0.15, 0.2) is 42.5 Å². The topological polar surface area (TPSA) is 56.4 Å². The number of piperazine rings is 1. The molecule has 4 rings (SSSR count). The van der Waals surface area contributed by atoms with E-state index in [0.29, 0.717) is 10.6 Å². The minimum Gasteiger partial charge on any atom is -0.369 e. The number of nitrogens with zero attached hydrogens (tertiary/aromatic N) is 1. The quantitative estimate of drug-likeness (QED) is 0.719. The van der Waals surface area contributed by atoms with Crippen LogP contribution in [0.5, 0.6) is 0 Å². The third-order valence-electron chi connectivity index (χ3n) is 5.55. The van der Waals surface area contributed by atoms with Crippen LogP contribution >= 0.6 is 11.6 Å². The zero-order chi connectivity index (χ0) is 20.2. The fourth-order valence-corrected chi connectivity index (χ4v) is 4.28. The summed E-state index contributed by atoms with van der Waals surface area (Å²) in [5.74, 6) is -0.146. The molecule has 0 aliphatic carbocycles. The molecule has 2 aliphatic heterocycles. The molecule has 29 heavy (non-hydrogen) atoms. The normalized spacial score (nSPS) is 17.0. The number of anilines is 2. The first-order valence-electron chi connectivity index (χ1n) is 10.2. The zero-order valence-electron chi connectivity index (χ0n) is 16.7. The van der Waals surface area contributed by atoms with E-state index in [1.54, 1.807) is 6.07 Å².